The van der Waals surface area contributed by atoms with Crippen molar-refractivity contribution in [2.75, 3.05) is 6.61 Å². The first-order chi connectivity index (χ1) is 7.47. The third-order valence-electron chi connectivity index (χ3n) is 2.01. The molecule has 16 heavy (non-hydrogen) atoms. The zero-order valence-electron chi connectivity index (χ0n) is 8.58. The molecule has 0 aromatic heterocycles. The Labute approximate surface area is 100 Å². The molecule has 0 spiro atoms. The number of rotatable bonds is 4. The summed E-state index contributed by atoms with van der Waals surface area (Å²) in [4.78, 5) is 0. The lowest BCUT2D eigenvalue weighted by Gasteiger charge is -2.14. The highest BCUT2D eigenvalue weighted by Crippen LogP contribution is 2.37. The Hall–Kier alpha value is -0.880. The molecule has 1 rings (SSSR count). The lowest BCUT2D eigenvalue weighted by Crippen LogP contribution is -2.19. The maximum absolute atomic E-state index is 12.4. The van der Waals surface area contributed by atoms with Gasteiger partial charge in [-0.15, -0.1) is 0 Å². The van der Waals surface area contributed by atoms with E-state index in [1.54, 1.807) is 6.92 Å². The molecule has 0 amide bonds. The molecule has 0 fully saturated rings. The molecule has 0 bridgehead atoms. The van der Waals surface area contributed by atoms with Gasteiger partial charge < -0.3 is 15.6 Å². The van der Waals surface area contributed by atoms with Gasteiger partial charge in [-0.05, 0) is 40.5 Å². The van der Waals surface area contributed by atoms with Crippen LogP contribution in [-0.2, 0) is 0 Å². The summed E-state index contributed by atoms with van der Waals surface area (Å²) in [5, 5.41) is 9.57. The Morgan fingerprint density at radius 2 is 2.12 bits per heavy atom. The van der Waals surface area contributed by atoms with Crippen LogP contribution in [0.4, 0.5) is 8.78 Å². The number of aromatic hydroxyl groups is 1. The van der Waals surface area contributed by atoms with Crippen LogP contribution < -0.4 is 10.5 Å². The molecule has 0 saturated heterocycles. The molecule has 1 atom stereocenters. The number of alkyl halides is 2. The molecule has 90 valence electrons. The topological polar surface area (TPSA) is 55.5 Å². The first kappa shape index (κ1) is 13.2. The number of hydrogen-bond donors (Lipinski definition) is 2. The number of phenols is 1. The van der Waals surface area contributed by atoms with Crippen molar-refractivity contribution in [2.24, 2.45) is 5.73 Å². The Bertz CT molecular complexity index is 374. The van der Waals surface area contributed by atoms with Gasteiger partial charge >= 0.3 is 0 Å². The molecule has 1 aromatic rings. The fourth-order valence-corrected chi connectivity index (χ4v) is 1.66. The van der Waals surface area contributed by atoms with E-state index in [-0.39, 0.29) is 21.5 Å². The summed E-state index contributed by atoms with van der Waals surface area (Å²) in [7, 11) is 0. The molecule has 1 aromatic carbocycles. The second kappa shape index (κ2) is 5.45. The first-order valence-corrected chi connectivity index (χ1v) is 5.45. The van der Waals surface area contributed by atoms with E-state index in [1.165, 1.54) is 12.1 Å². The van der Waals surface area contributed by atoms with Crippen LogP contribution in [0.2, 0.25) is 0 Å². The maximum atomic E-state index is 12.4. The number of phenolic OH excluding ortho intramolecular Hbond substituents is 1. The lowest BCUT2D eigenvalue weighted by atomic mass is 10.1. The molecule has 6 heteroatoms. The summed E-state index contributed by atoms with van der Waals surface area (Å²) in [5.41, 5.74) is 5.52. The third kappa shape index (κ3) is 2.82. The highest BCUT2D eigenvalue weighted by molar-refractivity contribution is 9.10. The van der Waals surface area contributed by atoms with E-state index >= 15 is 0 Å². The summed E-state index contributed by atoms with van der Waals surface area (Å²) in [6.07, 6.45) is -2.66. The fourth-order valence-electron chi connectivity index (χ4n) is 1.20. The van der Waals surface area contributed by atoms with E-state index in [9.17, 15) is 13.9 Å². The smallest absolute Gasteiger partial charge is 0.257 e. The molecular weight excluding hydrogens is 284 g/mol. The molecule has 3 nitrogen and oxygen atoms in total. The second-order valence-corrected chi connectivity index (χ2v) is 4.00. The predicted molar refractivity (Wildman–Crippen MR) is 59.9 cm³/mol. The van der Waals surface area contributed by atoms with E-state index in [4.69, 9.17) is 10.5 Å². The molecule has 0 radical (unpaired) electrons. The van der Waals surface area contributed by atoms with Crippen LogP contribution in [0.15, 0.2) is 16.6 Å². The van der Waals surface area contributed by atoms with Crippen molar-refractivity contribution in [2.45, 2.75) is 19.4 Å². The van der Waals surface area contributed by atoms with Crippen LogP contribution in [0.25, 0.3) is 0 Å². The molecule has 0 aliphatic rings. The SMILES string of the molecule is CCOc1cc([C@@H](N)C(F)F)cc(Br)c1O. The number of ether oxygens (including phenoxy) is 1. The van der Waals surface area contributed by atoms with Crippen LogP contribution in [0.3, 0.4) is 0 Å². The Morgan fingerprint density at radius 3 is 2.62 bits per heavy atom. The largest absolute Gasteiger partial charge is 0.503 e. The number of halogens is 3. The van der Waals surface area contributed by atoms with E-state index in [0.717, 1.165) is 0 Å². The molecule has 0 saturated carbocycles. The van der Waals surface area contributed by atoms with Crippen LogP contribution in [0.5, 0.6) is 11.5 Å². The molecule has 0 aliphatic carbocycles. The van der Waals surface area contributed by atoms with Crippen molar-refractivity contribution in [1.82, 2.24) is 0 Å². The summed E-state index contributed by atoms with van der Waals surface area (Å²) in [6, 6.07) is 1.28. The number of nitrogens with two attached hydrogens (primary N) is 1. The van der Waals surface area contributed by atoms with Gasteiger partial charge in [0.25, 0.3) is 6.43 Å². The zero-order valence-corrected chi connectivity index (χ0v) is 10.2. The van der Waals surface area contributed by atoms with Crippen LogP contribution in [0, 0.1) is 0 Å². The Balaban J connectivity index is 3.13. The summed E-state index contributed by atoms with van der Waals surface area (Å²) in [6.45, 7) is 2.06. The number of benzene rings is 1. The molecule has 0 heterocycles. The van der Waals surface area contributed by atoms with Crippen LogP contribution in [0.1, 0.15) is 18.5 Å². The van der Waals surface area contributed by atoms with Gasteiger partial charge in [-0.1, -0.05) is 0 Å². The van der Waals surface area contributed by atoms with Gasteiger partial charge in [0.2, 0.25) is 0 Å². The number of hydrogen-bond acceptors (Lipinski definition) is 3. The summed E-state index contributed by atoms with van der Waals surface area (Å²) < 4.78 is 30.2. The van der Waals surface area contributed by atoms with Gasteiger partial charge in [0, 0.05) is 0 Å². The van der Waals surface area contributed by atoms with Gasteiger partial charge in [-0.2, -0.15) is 0 Å². The maximum Gasteiger partial charge on any atom is 0.257 e. The average Bonchev–Trinajstić information content (AvgIpc) is 2.23. The van der Waals surface area contributed by atoms with Gasteiger partial charge in [0.15, 0.2) is 11.5 Å². The minimum atomic E-state index is -2.66. The standard InChI is InChI=1S/C10H12BrF2NO2/c1-2-16-7-4-5(8(14)10(12)13)3-6(11)9(7)15/h3-4,8,10,15H,2,14H2,1H3/t8-/m1/s1. The monoisotopic (exact) mass is 295 g/mol. The molecule has 0 aliphatic heterocycles. The fraction of sp³-hybridized carbons (Fsp3) is 0.400. The third-order valence-corrected chi connectivity index (χ3v) is 2.61. The predicted octanol–water partition coefficient (Wildman–Crippen LogP) is 2.82. The highest BCUT2D eigenvalue weighted by Gasteiger charge is 2.20. The van der Waals surface area contributed by atoms with Gasteiger partial charge in [-0.25, -0.2) is 8.78 Å². The van der Waals surface area contributed by atoms with Gasteiger partial charge in [0.1, 0.15) is 0 Å². The van der Waals surface area contributed by atoms with Gasteiger partial charge in [-0.3, -0.25) is 0 Å². The Kier molecular flexibility index (Phi) is 4.49. The van der Waals surface area contributed by atoms with E-state index in [2.05, 4.69) is 15.9 Å². The minimum absolute atomic E-state index is 0.118. The van der Waals surface area contributed by atoms with Crippen molar-refractivity contribution in [3.63, 3.8) is 0 Å². The molecule has 0 unspecified atom stereocenters. The summed E-state index contributed by atoms with van der Waals surface area (Å²) >= 11 is 3.05. The zero-order chi connectivity index (χ0) is 12.3. The van der Waals surface area contributed by atoms with E-state index < -0.39 is 12.5 Å². The van der Waals surface area contributed by atoms with Crippen molar-refractivity contribution >= 4 is 15.9 Å². The first-order valence-electron chi connectivity index (χ1n) is 4.66. The van der Waals surface area contributed by atoms with Crippen LogP contribution in [-0.4, -0.2) is 18.1 Å². The average molecular weight is 296 g/mol. The lowest BCUT2D eigenvalue weighted by molar-refractivity contribution is 0.116. The van der Waals surface area contributed by atoms with Crippen molar-refractivity contribution < 1.29 is 18.6 Å². The van der Waals surface area contributed by atoms with Gasteiger partial charge in [0.05, 0.1) is 17.1 Å². The van der Waals surface area contributed by atoms with Crippen molar-refractivity contribution in [3.8, 4) is 11.5 Å². The van der Waals surface area contributed by atoms with Crippen molar-refractivity contribution in [3.05, 3.63) is 22.2 Å². The minimum Gasteiger partial charge on any atom is -0.503 e. The highest BCUT2D eigenvalue weighted by atomic mass is 79.9. The second-order valence-electron chi connectivity index (χ2n) is 3.14. The van der Waals surface area contributed by atoms with Crippen LogP contribution >= 0.6 is 15.9 Å². The van der Waals surface area contributed by atoms with Crippen molar-refractivity contribution in [1.29, 1.82) is 0 Å². The molecular formula is C10H12BrF2NO2. The summed E-state index contributed by atoms with van der Waals surface area (Å²) in [5.74, 6) is 0.0232. The van der Waals surface area contributed by atoms with E-state index in [1.807, 2.05) is 0 Å². The molecule has 3 N–H and O–H groups in total. The van der Waals surface area contributed by atoms with E-state index in [0.29, 0.717) is 6.61 Å². The Morgan fingerprint density at radius 1 is 1.50 bits per heavy atom. The normalized spacial score (nSPS) is 12.9. The quantitative estimate of drug-likeness (QED) is 0.898.